The highest BCUT2D eigenvalue weighted by Gasteiger charge is 2.06. The Morgan fingerprint density at radius 1 is 1.14 bits per heavy atom. The molecule has 2 aromatic rings. The molecule has 5 heteroatoms. The molecular weight excluding hydrogens is 381 g/mol. The molecule has 0 saturated carbocycles. The Bertz CT molecular complexity index is 670. The van der Waals surface area contributed by atoms with Crippen molar-refractivity contribution < 1.29 is 14.3 Å². The molecule has 0 unspecified atom stereocenters. The van der Waals surface area contributed by atoms with Crippen molar-refractivity contribution in [3.8, 4) is 5.75 Å². The minimum Gasteiger partial charge on any atom is -0.484 e. The van der Waals surface area contributed by atoms with E-state index in [2.05, 4.69) is 27.9 Å². The highest BCUT2D eigenvalue weighted by atomic mass is 127. The quantitative estimate of drug-likeness (QED) is 0.623. The van der Waals surface area contributed by atoms with Crippen LogP contribution >= 0.6 is 22.6 Å². The van der Waals surface area contributed by atoms with Crippen molar-refractivity contribution in [2.75, 3.05) is 11.9 Å². The number of hydrogen-bond donors (Lipinski definition) is 1. The number of amides is 1. The van der Waals surface area contributed by atoms with Crippen molar-refractivity contribution in [1.29, 1.82) is 0 Å². The number of anilines is 1. The fourth-order valence-corrected chi connectivity index (χ4v) is 2.23. The van der Waals surface area contributed by atoms with Crippen LogP contribution in [0.4, 0.5) is 5.69 Å². The van der Waals surface area contributed by atoms with E-state index in [0.29, 0.717) is 17.0 Å². The van der Waals surface area contributed by atoms with Crippen molar-refractivity contribution in [1.82, 2.24) is 0 Å². The third-order valence-electron chi connectivity index (χ3n) is 2.72. The van der Waals surface area contributed by atoms with Gasteiger partial charge in [-0.3, -0.25) is 9.59 Å². The first kappa shape index (κ1) is 15.5. The molecule has 0 fully saturated rings. The standard InChI is InChI=1S/C16H14INO3/c1-11(19)12-4-2-6-14(8-12)18-16(20)10-21-15-7-3-5-13(17)9-15/h2-9H,10H2,1H3,(H,18,20). The monoisotopic (exact) mass is 395 g/mol. The number of ketones is 1. The summed E-state index contributed by atoms with van der Waals surface area (Å²) in [7, 11) is 0. The number of rotatable bonds is 5. The number of hydrogen-bond acceptors (Lipinski definition) is 3. The summed E-state index contributed by atoms with van der Waals surface area (Å²) < 4.78 is 6.46. The summed E-state index contributed by atoms with van der Waals surface area (Å²) >= 11 is 2.18. The number of halogens is 1. The molecule has 1 amide bonds. The van der Waals surface area contributed by atoms with Crippen LogP contribution in [0.1, 0.15) is 17.3 Å². The van der Waals surface area contributed by atoms with Gasteiger partial charge in [0.05, 0.1) is 0 Å². The number of Topliss-reactive ketones (excluding diaryl/α,β-unsaturated/α-hetero) is 1. The molecule has 0 saturated heterocycles. The van der Waals surface area contributed by atoms with Crippen LogP contribution in [0.3, 0.4) is 0 Å². The molecule has 0 aromatic heterocycles. The molecule has 108 valence electrons. The number of carbonyl (C=O) groups excluding carboxylic acids is 2. The topological polar surface area (TPSA) is 55.4 Å². The second kappa shape index (κ2) is 7.21. The molecule has 1 N–H and O–H groups in total. The maximum atomic E-state index is 11.8. The number of benzene rings is 2. The van der Waals surface area contributed by atoms with Crippen LogP contribution in [0.15, 0.2) is 48.5 Å². The van der Waals surface area contributed by atoms with Gasteiger partial charge in [0.25, 0.3) is 5.91 Å². The highest BCUT2D eigenvalue weighted by Crippen LogP contribution is 2.15. The van der Waals surface area contributed by atoms with Gasteiger partial charge in [-0.25, -0.2) is 0 Å². The van der Waals surface area contributed by atoms with Gasteiger partial charge in [0.1, 0.15) is 5.75 Å². The average Bonchev–Trinajstić information content (AvgIpc) is 2.45. The molecular formula is C16H14INO3. The lowest BCUT2D eigenvalue weighted by molar-refractivity contribution is -0.118. The van der Waals surface area contributed by atoms with E-state index in [1.165, 1.54) is 6.92 Å². The van der Waals surface area contributed by atoms with E-state index in [0.717, 1.165) is 3.57 Å². The fraction of sp³-hybridized carbons (Fsp3) is 0.125. The molecule has 0 aliphatic rings. The molecule has 4 nitrogen and oxygen atoms in total. The maximum absolute atomic E-state index is 11.8. The third-order valence-corrected chi connectivity index (χ3v) is 3.39. The molecule has 2 rings (SSSR count). The van der Waals surface area contributed by atoms with Crippen molar-refractivity contribution in [3.05, 3.63) is 57.7 Å². The minimum absolute atomic E-state index is 0.0405. The van der Waals surface area contributed by atoms with Gasteiger partial charge in [0.2, 0.25) is 0 Å². The Hall–Kier alpha value is -1.89. The third kappa shape index (κ3) is 4.86. The van der Waals surface area contributed by atoms with E-state index in [4.69, 9.17) is 4.74 Å². The molecule has 0 aliphatic heterocycles. The largest absolute Gasteiger partial charge is 0.484 e. The molecule has 0 heterocycles. The molecule has 0 aliphatic carbocycles. The summed E-state index contributed by atoms with van der Waals surface area (Å²) in [4.78, 5) is 23.1. The van der Waals surface area contributed by atoms with Crippen molar-refractivity contribution in [2.45, 2.75) is 6.92 Å². The van der Waals surface area contributed by atoms with Gasteiger partial charge in [-0.1, -0.05) is 18.2 Å². The first-order valence-corrected chi connectivity index (χ1v) is 7.42. The zero-order chi connectivity index (χ0) is 15.2. The molecule has 0 spiro atoms. The van der Waals surface area contributed by atoms with Crippen molar-refractivity contribution in [2.24, 2.45) is 0 Å². The fourth-order valence-electron chi connectivity index (χ4n) is 1.72. The summed E-state index contributed by atoms with van der Waals surface area (Å²) in [6, 6.07) is 14.3. The van der Waals surface area contributed by atoms with Crippen LogP contribution < -0.4 is 10.1 Å². The van der Waals surface area contributed by atoms with Crippen LogP contribution in [0.2, 0.25) is 0 Å². The second-order valence-corrected chi connectivity index (χ2v) is 5.68. The normalized spacial score (nSPS) is 10.0. The highest BCUT2D eigenvalue weighted by molar-refractivity contribution is 14.1. The zero-order valence-corrected chi connectivity index (χ0v) is 13.6. The van der Waals surface area contributed by atoms with E-state index in [1.54, 1.807) is 30.3 Å². The van der Waals surface area contributed by atoms with Gasteiger partial charge in [-0.05, 0) is 59.8 Å². The van der Waals surface area contributed by atoms with Gasteiger partial charge in [-0.15, -0.1) is 0 Å². The van der Waals surface area contributed by atoms with E-state index in [-0.39, 0.29) is 18.3 Å². The number of carbonyl (C=O) groups is 2. The summed E-state index contributed by atoms with van der Waals surface area (Å²) in [6.07, 6.45) is 0. The average molecular weight is 395 g/mol. The summed E-state index contributed by atoms with van der Waals surface area (Å²) in [5.74, 6) is 0.338. The van der Waals surface area contributed by atoms with Gasteiger partial charge in [-0.2, -0.15) is 0 Å². The number of ether oxygens (including phenoxy) is 1. The lowest BCUT2D eigenvalue weighted by Crippen LogP contribution is -2.20. The smallest absolute Gasteiger partial charge is 0.262 e. The Morgan fingerprint density at radius 2 is 1.90 bits per heavy atom. The van der Waals surface area contributed by atoms with E-state index < -0.39 is 0 Å². The Balaban J connectivity index is 1.93. The zero-order valence-electron chi connectivity index (χ0n) is 11.4. The predicted molar refractivity (Wildman–Crippen MR) is 89.7 cm³/mol. The van der Waals surface area contributed by atoms with Gasteiger partial charge in [0.15, 0.2) is 12.4 Å². The van der Waals surface area contributed by atoms with Crippen LogP contribution in [0, 0.1) is 3.57 Å². The summed E-state index contributed by atoms with van der Waals surface area (Å²) in [5.41, 5.74) is 1.14. The van der Waals surface area contributed by atoms with Crippen molar-refractivity contribution in [3.63, 3.8) is 0 Å². The van der Waals surface area contributed by atoms with Crippen LogP contribution in [0.25, 0.3) is 0 Å². The first-order chi connectivity index (χ1) is 10.0. The summed E-state index contributed by atoms with van der Waals surface area (Å²) in [6.45, 7) is 1.41. The molecule has 0 bridgehead atoms. The molecule has 21 heavy (non-hydrogen) atoms. The molecule has 0 radical (unpaired) electrons. The minimum atomic E-state index is -0.269. The van der Waals surface area contributed by atoms with Crippen LogP contribution in [0.5, 0.6) is 5.75 Å². The van der Waals surface area contributed by atoms with E-state index in [1.807, 2.05) is 18.2 Å². The first-order valence-electron chi connectivity index (χ1n) is 6.34. The molecule has 0 atom stereocenters. The van der Waals surface area contributed by atoms with Gasteiger partial charge >= 0.3 is 0 Å². The Labute approximate surface area is 136 Å². The maximum Gasteiger partial charge on any atom is 0.262 e. The molecule has 2 aromatic carbocycles. The van der Waals surface area contributed by atoms with Gasteiger partial charge in [0, 0.05) is 14.8 Å². The SMILES string of the molecule is CC(=O)c1cccc(NC(=O)COc2cccc(I)c2)c1. The predicted octanol–water partition coefficient (Wildman–Crippen LogP) is 3.51. The second-order valence-electron chi connectivity index (χ2n) is 4.43. The summed E-state index contributed by atoms with van der Waals surface area (Å²) in [5, 5.41) is 2.70. The van der Waals surface area contributed by atoms with Crippen molar-refractivity contribution >= 4 is 40.0 Å². The van der Waals surface area contributed by atoms with Crippen LogP contribution in [-0.4, -0.2) is 18.3 Å². The van der Waals surface area contributed by atoms with E-state index in [9.17, 15) is 9.59 Å². The lowest BCUT2D eigenvalue weighted by atomic mass is 10.1. The Morgan fingerprint density at radius 3 is 2.62 bits per heavy atom. The number of nitrogens with one attached hydrogen (secondary N) is 1. The van der Waals surface area contributed by atoms with Gasteiger partial charge < -0.3 is 10.1 Å². The van der Waals surface area contributed by atoms with Crippen LogP contribution in [-0.2, 0) is 4.79 Å². The lowest BCUT2D eigenvalue weighted by Gasteiger charge is -2.08. The Kier molecular flexibility index (Phi) is 5.32. The van der Waals surface area contributed by atoms with E-state index >= 15 is 0 Å².